The van der Waals surface area contributed by atoms with E-state index in [0.29, 0.717) is 34.1 Å². The van der Waals surface area contributed by atoms with Crippen molar-refractivity contribution < 1.29 is 9.53 Å². The van der Waals surface area contributed by atoms with Gasteiger partial charge in [0.1, 0.15) is 5.60 Å². The van der Waals surface area contributed by atoms with Gasteiger partial charge in [-0.1, -0.05) is 48.9 Å². The molecule has 0 atom stereocenters. The summed E-state index contributed by atoms with van der Waals surface area (Å²) in [5.41, 5.74) is 4.28. The number of nitrogens with one attached hydrogen (secondary N) is 2. The highest BCUT2D eigenvalue weighted by molar-refractivity contribution is 6.30. The van der Waals surface area contributed by atoms with Gasteiger partial charge in [-0.2, -0.15) is 5.10 Å². The van der Waals surface area contributed by atoms with Gasteiger partial charge in [-0.25, -0.2) is 14.9 Å². The summed E-state index contributed by atoms with van der Waals surface area (Å²) in [5, 5.41) is 7.97. The van der Waals surface area contributed by atoms with Gasteiger partial charge in [-0.15, -0.1) is 0 Å². The molecular formula is C23H25ClN4O3. The van der Waals surface area contributed by atoms with Crippen molar-refractivity contribution in [2.75, 3.05) is 0 Å². The number of para-hydroxylation sites is 1. The van der Waals surface area contributed by atoms with Crippen LogP contribution in [0, 0.1) is 0 Å². The summed E-state index contributed by atoms with van der Waals surface area (Å²) in [5.74, 6) is 0. The second-order valence-corrected chi connectivity index (χ2v) is 8.31. The number of nitrogens with zero attached hydrogens (tertiary/aromatic N) is 2. The van der Waals surface area contributed by atoms with E-state index in [9.17, 15) is 9.59 Å². The number of rotatable bonds is 5. The second-order valence-electron chi connectivity index (χ2n) is 7.87. The fourth-order valence-electron chi connectivity index (χ4n) is 3.02. The smallest absolute Gasteiger partial charge is 0.428 e. The largest absolute Gasteiger partial charge is 0.443 e. The van der Waals surface area contributed by atoms with Crippen LogP contribution in [0.1, 0.15) is 39.7 Å². The highest BCUT2D eigenvalue weighted by Gasteiger charge is 2.22. The van der Waals surface area contributed by atoms with E-state index in [4.69, 9.17) is 16.3 Å². The number of hydrogen-bond donors (Lipinski definition) is 2. The number of aromatic amines is 1. The zero-order valence-corrected chi connectivity index (χ0v) is 18.7. The van der Waals surface area contributed by atoms with E-state index >= 15 is 0 Å². The molecule has 1 aromatic heterocycles. The summed E-state index contributed by atoms with van der Waals surface area (Å²) in [6.45, 7) is 7.15. The summed E-state index contributed by atoms with van der Waals surface area (Å²) >= 11 is 6.04. The molecule has 1 heterocycles. The van der Waals surface area contributed by atoms with Gasteiger partial charge in [0.2, 0.25) is 0 Å². The third kappa shape index (κ3) is 5.44. The quantitative estimate of drug-likeness (QED) is 0.426. The maximum atomic E-state index is 13.4. The van der Waals surface area contributed by atoms with Gasteiger partial charge in [0.05, 0.1) is 22.7 Å². The molecule has 0 aliphatic rings. The third-order valence-corrected chi connectivity index (χ3v) is 4.59. The van der Waals surface area contributed by atoms with E-state index in [0.717, 1.165) is 5.56 Å². The minimum Gasteiger partial charge on any atom is -0.443 e. The summed E-state index contributed by atoms with van der Waals surface area (Å²) < 4.78 is 6.69. The topological polar surface area (TPSA) is 88.5 Å². The zero-order chi connectivity index (χ0) is 22.6. The van der Waals surface area contributed by atoms with Crippen LogP contribution in [0.2, 0.25) is 5.02 Å². The standard InChI is InChI=1S/C23H25ClN4O3/c1-5-18(25-26-22(30)31-23(2,3)4)19-20(15-11-13-16(24)14-12-15)27-28(21(19)29)17-9-7-6-8-10-17/h6-14,27H,5H2,1-4H3,(H,26,30)/b25-18+. The average Bonchev–Trinajstić information content (AvgIpc) is 3.06. The first-order valence-electron chi connectivity index (χ1n) is 9.92. The van der Waals surface area contributed by atoms with Crippen LogP contribution in [0.4, 0.5) is 4.79 Å². The fraction of sp³-hybridized carbons (Fsp3) is 0.261. The van der Waals surface area contributed by atoms with Gasteiger partial charge in [0.15, 0.2) is 0 Å². The van der Waals surface area contributed by atoms with Crippen molar-refractivity contribution in [2.45, 2.75) is 39.7 Å². The van der Waals surface area contributed by atoms with Gasteiger partial charge in [-0.3, -0.25) is 9.89 Å². The predicted octanol–water partition coefficient (Wildman–Crippen LogP) is 5.12. The molecule has 2 N–H and O–H groups in total. The van der Waals surface area contributed by atoms with E-state index in [1.165, 1.54) is 4.68 Å². The molecule has 31 heavy (non-hydrogen) atoms. The molecule has 7 nitrogen and oxygen atoms in total. The zero-order valence-electron chi connectivity index (χ0n) is 17.9. The number of hydrazone groups is 1. The molecule has 1 amide bonds. The SMILES string of the molecule is CC/C(=N\NC(=O)OC(C)(C)C)c1c(-c2ccc(Cl)cc2)[nH]n(-c2ccccc2)c1=O. The maximum Gasteiger partial charge on any atom is 0.428 e. The number of aromatic nitrogens is 2. The van der Waals surface area contributed by atoms with Crippen molar-refractivity contribution in [1.29, 1.82) is 0 Å². The summed E-state index contributed by atoms with van der Waals surface area (Å²) in [6, 6.07) is 16.4. The van der Waals surface area contributed by atoms with Gasteiger partial charge in [0, 0.05) is 10.6 Å². The van der Waals surface area contributed by atoms with Crippen LogP contribution in [-0.2, 0) is 4.74 Å². The Bertz CT molecular complexity index is 1140. The van der Waals surface area contributed by atoms with Crippen molar-refractivity contribution in [3.8, 4) is 16.9 Å². The van der Waals surface area contributed by atoms with Crippen molar-refractivity contribution in [3.63, 3.8) is 0 Å². The third-order valence-electron chi connectivity index (χ3n) is 4.34. The van der Waals surface area contributed by atoms with E-state index in [1.54, 1.807) is 32.9 Å². The van der Waals surface area contributed by atoms with E-state index in [1.807, 2.05) is 49.4 Å². The lowest BCUT2D eigenvalue weighted by Crippen LogP contribution is -2.31. The first kappa shape index (κ1) is 22.4. The lowest BCUT2D eigenvalue weighted by Gasteiger charge is -2.18. The number of halogens is 1. The molecule has 2 aromatic carbocycles. The molecule has 0 bridgehead atoms. The number of hydrogen-bond acceptors (Lipinski definition) is 4. The summed E-state index contributed by atoms with van der Waals surface area (Å²) in [7, 11) is 0. The van der Waals surface area contributed by atoms with Gasteiger partial charge < -0.3 is 4.74 Å². The minimum atomic E-state index is -0.689. The number of carbonyl (C=O) groups is 1. The van der Waals surface area contributed by atoms with Crippen molar-refractivity contribution >= 4 is 23.4 Å². The summed E-state index contributed by atoms with van der Waals surface area (Å²) in [6.07, 6.45) is -0.274. The Balaban J connectivity index is 2.11. The number of H-pyrrole nitrogens is 1. The molecule has 0 fully saturated rings. The molecule has 162 valence electrons. The predicted molar refractivity (Wildman–Crippen MR) is 123 cm³/mol. The van der Waals surface area contributed by atoms with Crippen LogP contribution in [0.5, 0.6) is 0 Å². The van der Waals surface area contributed by atoms with Gasteiger partial charge >= 0.3 is 6.09 Å². The first-order valence-corrected chi connectivity index (χ1v) is 10.3. The molecule has 0 radical (unpaired) electrons. The molecule has 0 aliphatic carbocycles. The normalized spacial score (nSPS) is 12.0. The fourth-order valence-corrected chi connectivity index (χ4v) is 3.14. The van der Waals surface area contributed by atoms with Crippen LogP contribution in [0.3, 0.4) is 0 Å². The first-order chi connectivity index (χ1) is 14.7. The maximum absolute atomic E-state index is 13.4. The minimum absolute atomic E-state index is 0.275. The van der Waals surface area contributed by atoms with Crippen LogP contribution in [0.15, 0.2) is 64.5 Å². The second kappa shape index (κ2) is 9.22. The number of amides is 1. The van der Waals surface area contributed by atoms with Crippen molar-refractivity contribution in [3.05, 3.63) is 75.5 Å². The van der Waals surface area contributed by atoms with E-state index < -0.39 is 11.7 Å². The molecule has 8 heteroatoms. The van der Waals surface area contributed by atoms with Crippen molar-refractivity contribution in [1.82, 2.24) is 15.2 Å². The Hall–Kier alpha value is -3.32. The monoisotopic (exact) mass is 440 g/mol. The Morgan fingerprint density at radius 1 is 1.13 bits per heavy atom. The molecule has 0 saturated heterocycles. The van der Waals surface area contributed by atoms with Crippen molar-refractivity contribution in [2.24, 2.45) is 5.10 Å². The van der Waals surface area contributed by atoms with E-state index in [2.05, 4.69) is 15.6 Å². The Kier molecular flexibility index (Phi) is 6.65. The highest BCUT2D eigenvalue weighted by Crippen LogP contribution is 2.24. The molecule has 0 saturated carbocycles. The number of carbonyl (C=O) groups excluding carboxylic acids is 1. The lowest BCUT2D eigenvalue weighted by atomic mass is 10.0. The Morgan fingerprint density at radius 2 is 1.77 bits per heavy atom. The highest BCUT2D eigenvalue weighted by atomic mass is 35.5. The van der Waals surface area contributed by atoms with E-state index in [-0.39, 0.29) is 5.56 Å². The Morgan fingerprint density at radius 3 is 2.35 bits per heavy atom. The van der Waals surface area contributed by atoms with Crippen LogP contribution >= 0.6 is 11.6 Å². The number of benzene rings is 2. The molecular weight excluding hydrogens is 416 g/mol. The van der Waals surface area contributed by atoms with Crippen LogP contribution < -0.4 is 11.0 Å². The Labute approximate surface area is 185 Å². The molecule has 3 aromatic rings. The van der Waals surface area contributed by atoms with Gasteiger partial charge in [-0.05, 0) is 51.5 Å². The molecule has 0 unspecified atom stereocenters. The summed E-state index contributed by atoms with van der Waals surface area (Å²) in [4.78, 5) is 25.5. The van der Waals surface area contributed by atoms with Gasteiger partial charge in [0.25, 0.3) is 5.56 Å². The van der Waals surface area contributed by atoms with Crippen LogP contribution in [0.25, 0.3) is 16.9 Å². The van der Waals surface area contributed by atoms with Crippen LogP contribution in [-0.4, -0.2) is 27.2 Å². The lowest BCUT2D eigenvalue weighted by molar-refractivity contribution is 0.0529. The average molecular weight is 441 g/mol. The number of ether oxygens (including phenoxy) is 1. The molecule has 0 aliphatic heterocycles. The molecule has 0 spiro atoms. The molecule has 3 rings (SSSR count).